The lowest BCUT2D eigenvalue weighted by Crippen LogP contribution is -2.03. The zero-order valence-corrected chi connectivity index (χ0v) is 12.1. The monoisotopic (exact) mass is 305 g/mol. The summed E-state index contributed by atoms with van der Waals surface area (Å²) in [6.07, 6.45) is 3.52. The number of nitrogens with zero attached hydrogens (tertiary/aromatic N) is 1. The summed E-state index contributed by atoms with van der Waals surface area (Å²) in [5.74, 6) is 0. The molecule has 2 aromatic rings. The lowest BCUT2D eigenvalue weighted by molar-refractivity contribution is 0.178. The molecule has 2 nitrogen and oxygen atoms in total. The van der Waals surface area contributed by atoms with Crippen LogP contribution in [-0.2, 0) is 6.42 Å². The van der Waals surface area contributed by atoms with E-state index in [4.69, 9.17) is 0 Å². The third-order valence-electron chi connectivity index (χ3n) is 2.82. The first-order chi connectivity index (χ1) is 8.54. The molecule has 0 bridgehead atoms. The molecule has 2 rings (SSSR count). The van der Waals surface area contributed by atoms with E-state index < -0.39 is 6.10 Å². The molecule has 0 aliphatic carbocycles. The van der Waals surface area contributed by atoms with Crippen LogP contribution in [0.25, 0.3) is 0 Å². The van der Waals surface area contributed by atoms with Crippen LogP contribution < -0.4 is 0 Å². The van der Waals surface area contributed by atoms with Crippen molar-refractivity contribution in [1.82, 2.24) is 4.98 Å². The van der Waals surface area contributed by atoms with Crippen LogP contribution in [0.4, 0.5) is 0 Å². The van der Waals surface area contributed by atoms with Crippen LogP contribution in [0.3, 0.4) is 0 Å². The maximum Gasteiger partial charge on any atom is 0.0845 e. The number of benzene rings is 1. The second kappa shape index (κ2) is 5.63. The van der Waals surface area contributed by atoms with Crippen LogP contribution in [0.2, 0.25) is 0 Å². The lowest BCUT2D eigenvalue weighted by Gasteiger charge is -2.12. The van der Waals surface area contributed by atoms with Crippen molar-refractivity contribution in [3.05, 3.63) is 63.4 Å². The van der Waals surface area contributed by atoms with E-state index in [-0.39, 0.29) is 0 Å². The SMILES string of the molecule is Cc1cc(C)cc(CC(O)c2cncc(Br)c2)c1. The molecule has 0 spiro atoms. The predicted molar refractivity (Wildman–Crippen MR) is 76.5 cm³/mol. The Hall–Kier alpha value is -1.19. The second-order valence-electron chi connectivity index (χ2n) is 4.65. The van der Waals surface area contributed by atoms with Crippen molar-refractivity contribution in [3.8, 4) is 0 Å². The number of aromatic nitrogens is 1. The molecule has 3 heteroatoms. The quantitative estimate of drug-likeness (QED) is 0.937. The highest BCUT2D eigenvalue weighted by molar-refractivity contribution is 9.10. The topological polar surface area (TPSA) is 33.1 Å². The van der Waals surface area contributed by atoms with Crippen LogP contribution in [0.5, 0.6) is 0 Å². The minimum atomic E-state index is -0.517. The van der Waals surface area contributed by atoms with Gasteiger partial charge in [-0.25, -0.2) is 0 Å². The minimum Gasteiger partial charge on any atom is -0.388 e. The number of aryl methyl sites for hydroxylation is 2. The highest BCUT2D eigenvalue weighted by atomic mass is 79.9. The van der Waals surface area contributed by atoms with E-state index in [2.05, 4.69) is 53.0 Å². The van der Waals surface area contributed by atoms with E-state index in [0.29, 0.717) is 6.42 Å². The fourth-order valence-electron chi connectivity index (χ4n) is 2.14. The summed E-state index contributed by atoms with van der Waals surface area (Å²) in [5.41, 5.74) is 4.44. The molecular formula is C15H16BrNO. The highest BCUT2D eigenvalue weighted by Gasteiger charge is 2.10. The Morgan fingerprint density at radius 3 is 2.39 bits per heavy atom. The smallest absolute Gasteiger partial charge is 0.0845 e. The third kappa shape index (κ3) is 3.40. The average molecular weight is 306 g/mol. The second-order valence-corrected chi connectivity index (χ2v) is 5.57. The van der Waals surface area contributed by atoms with Gasteiger partial charge < -0.3 is 5.11 Å². The molecule has 1 aromatic heterocycles. The van der Waals surface area contributed by atoms with Crippen LogP contribution in [-0.4, -0.2) is 10.1 Å². The van der Waals surface area contributed by atoms with Gasteiger partial charge in [-0.05, 0) is 41.4 Å². The van der Waals surface area contributed by atoms with Gasteiger partial charge in [0.05, 0.1) is 6.10 Å². The van der Waals surface area contributed by atoms with Crippen molar-refractivity contribution in [2.75, 3.05) is 0 Å². The molecule has 0 fully saturated rings. The molecule has 0 radical (unpaired) electrons. The molecule has 1 aromatic carbocycles. The average Bonchev–Trinajstić information content (AvgIpc) is 2.27. The summed E-state index contributed by atoms with van der Waals surface area (Å²) < 4.78 is 0.888. The molecule has 1 unspecified atom stereocenters. The number of aliphatic hydroxyl groups is 1. The van der Waals surface area contributed by atoms with Crippen molar-refractivity contribution < 1.29 is 5.11 Å². The summed E-state index contributed by atoms with van der Waals surface area (Å²) in [7, 11) is 0. The zero-order chi connectivity index (χ0) is 13.1. The predicted octanol–water partition coefficient (Wildman–Crippen LogP) is 3.74. The van der Waals surface area contributed by atoms with Gasteiger partial charge in [-0.2, -0.15) is 0 Å². The number of hydrogen-bond donors (Lipinski definition) is 1. The van der Waals surface area contributed by atoms with E-state index in [1.54, 1.807) is 12.4 Å². The van der Waals surface area contributed by atoms with Crippen LogP contribution >= 0.6 is 15.9 Å². The van der Waals surface area contributed by atoms with Gasteiger partial charge in [-0.15, -0.1) is 0 Å². The number of hydrogen-bond acceptors (Lipinski definition) is 2. The fourth-order valence-corrected chi connectivity index (χ4v) is 2.52. The first-order valence-corrected chi connectivity index (χ1v) is 6.69. The van der Waals surface area contributed by atoms with Crippen molar-refractivity contribution in [2.24, 2.45) is 0 Å². The Balaban J connectivity index is 2.18. The van der Waals surface area contributed by atoms with Gasteiger partial charge in [0, 0.05) is 28.9 Å². The molecule has 1 heterocycles. The maximum atomic E-state index is 10.2. The van der Waals surface area contributed by atoms with E-state index >= 15 is 0 Å². The van der Waals surface area contributed by atoms with Gasteiger partial charge in [-0.1, -0.05) is 29.3 Å². The van der Waals surface area contributed by atoms with Gasteiger partial charge in [0.15, 0.2) is 0 Å². The van der Waals surface area contributed by atoms with Crippen LogP contribution in [0, 0.1) is 13.8 Å². The molecule has 0 amide bonds. The molecule has 18 heavy (non-hydrogen) atoms. The summed E-state index contributed by atoms with van der Waals surface area (Å²) in [6.45, 7) is 4.15. The molecule has 0 aliphatic heterocycles. The fraction of sp³-hybridized carbons (Fsp3) is 0.267. The number of aliphatic hydroxyl groups excluding tert-OH is 1. The van der Waals surface area contributed by atoms with E-state index in [9.17, 15) is 5.11 Å². The standard InChI is InChI=1S/C15H16BrNO/c1-10-3-11(2)5-12(4-10)6-15(18)13-7-14(16)9-17-8-13/h3-5,7-9,15,18H,6H2,1-2H3. The summed E-state index contributed by atoms with van der Waals surface area (Å²) >= 11 is 3.37. The Morgan fingerprint density at radius 2 is 1.78 bits per heavy atom. The highest BCUT2D eigenvalue weighted by Crippen LogP contribution is 2.21. The molecule has 0 saturated carbocycles. The normalized spacial score (nSPS) is 12.4. The largest absolute Gasteiger partial charge is 0.388 e. The molecule has 1 atom stereocenters. The van der Waals surface area contributed by atoms with Crippen LogP contribution in [0.1, 0.15) is 28.4 Å². The minimum absolute atomic E-state index is 0.517. The first kappa shape index (κ1) is 13.2. The summed E-state index contributed by atoms with van der Waals surface area (Å²) in [5, 5.41) is 10.2. The van der Waals surface area contributed by atoms with Gasteiger partial charge in [-0.3, -0.25) is 4.98 Å². The Bertz CT molecular complexity index is 534. The van der Waals surface area contributed by atoms with E-state index in [1.165, 1.54) is 11.1 Å². The Kier molecular flexibility index (Phi) is 4.15. The van der Waals surface area contributed by atoms with E-state index in [1.807, 2.05) is 6.07 Å². The number of pyridine rings is 1. The Morgan fingerprint density at radius 1 is 1.11 bits per heavy atom. The van der Waals surface area contributed by atoms with Gasteiger partial charge >= 0.3 is 0 Å². The van der Waals surface area contributed by atoms with Crippen molar-refractivity contribution >= 4 is 15.9 Å². The molecular weight excluding hydrogens is 290 g/mol. The Labute approximate surface area is 116 Å². The van der Waals surface area contributed by atoms with Crippen LogP contribution in [0.15, 0.2) is 41.1 Å². The molecule has 94 valence electrons. The zero-order valence-electron chi connectivity index (χ0n) is 10.5. The third-order valence-corrected chi connectivity index (χ3v) is 3.25. The molecule has 0 aliphatic rings. The number of rotatable bonds is 3. The van der Waals surface area contributed by atoms with Gasteiger partial charge in [0.25, 0.3) is 0 Å². The summed E-state index contributed by atoms with van der Waals surface area (Å²) in [6, 6.07) is 8.26. The van der Waals surface area contributed by atoms with Crippen molar-refractivity contribution in [2.45, 2.75) is 26.4 Å². The van der Waals surface area contributed by atoms with Gasteiger partial charge in [0.2, 0.25) is 0 Å². The van der Waals surface area contributed by atoms with Gasteiger partial charge in [0.1, 0.15) is 0 Å². The van der Waals surface area contributed by atoms with Crippen molar-refractivity contribution in [1.29, 1.82) is 0 Å². The summed E-state index contributed by atoms with van der Waals surface area (Å²) in [4.78, 5) is 4.08. The molecule has 0 saturated heterocycles. The molecule has 1 N–H and O–H groups in total. The number of halogens is 1. The maximum absolute atomic E-state index is 10.2. The van der Waals surface area contributed by atoms with E-state index in [0.717, 1.165) is 15.6 Å². The lowest BCUT2D eigenvalue weighted by atomic mass is 9.99. The first-order valence-electron chi connectivity index (χ1n) is 5.90. The van der Waals surface area contributed by atoms with Crippen molar-refractivity contribution in [3.63, 3.8) is 0 Å².